The fraction of sp³-hybridized carbons (Fsp3) is 0.562. The predicted molar refractivity (Wildman–Crippen MR) is 78.6 cm³/mol. The molecular formula is C16H21NO5. The van der Waals surface area contributed by atoms with Crippen LogP contribution in [0.1, 0.15) is 20.8 Å². The number of carbonyl (C=O) groups is 3. The summed E-state index contributed by atoms with van der Waals surface area (Å²) in [6, 6.07) is -0.449. The molecular weight excluding hydrogens is 286 g/mol. The first-order valence-corrected chi connectivity index (χ1v) is 7.41. The van der Waals surface area contributed by atoms with Gasteiger partial charge in [0.25, 0.3) is 0 Å². The van der Waals surface area contributed by atoms with Crippen LogP contribution in [0.3, 0.4) is 0 Å². The molecule has 0 aromatic rings. The molecule has 120 valence electrons. The maximum Gasteiger partial charge on any atom is 0.347 e. The van der Waals surface area contributed by atoms with E-state index in [1.54, 1.807) is 20.0 Å². The van der Waals surface area contributed by atoms with E-state index in [4.69, 9.17) is 9.47 Å². The second-order valence-corrected chi connectivity index (χ2v) is 5.59. The molecule has 1 amide bonds. The Morgan fingerprint density at radius 2 is 2.05 bits per heavy atom. The van der Waals surface area contributed by atoms with Gasteiger partial charge >= 0.3 is 11.9 Å². The summed E-state index contributed by atoms with van der Waals surface area (Å²) in [6.45, 7) is 5.27. The quantitative estimate of drug-likeness (QED) is 0.574. The van der Waals surface area contributed by atoms with Gasteiger partial charge in [0.15, 0.2) is 6.10 Å². The van der Waals surface area contributed by atoms with E-state index >= 15 is 0 Å². The molecule has 0 aromatic carbocycles. The Hall–Kier alpha value is -2.11. The van der Waals surface area contributed by atoms with E-state index in [-0.39, 0.29) is 24.3 Å². The van der Waals surface area contributed by atoms with Crippen molar-refractivity contribution in [2.24, 2.45) is 11.8 Å². The van der Waals surface area contributed by atoms with Gasteiger partial charge in [0.1, 0.15) is 0 Å². The number of amides is 1. The molecule has 3 rings (SSSR count). The number of esters is 2. The zero-order valence-corrected chi connectivity index (χ0v) is 13.2. The number of hydrogen-bond donors (Lipinski definition) is 0. The summed E-state index contributed by atoms with van der Waals surface area (Å²) < 4.78 is 10.0. The largest absolute Gasteiger partial charge is 0.463 e. The van der Waals surface area contributed by atoms with Gasteiger partial charge in [-0.2, -0.15) is 0 Å². The van der Waals surface area contributed by atoms with Crippen LogP contribution in [-0.4, -0.2) is 48.5 Å². The summed E-state index contributed by atoms with van der Waals surface area (Å²) in [6.07, 6.45) is 4.45. The first kappa shape index (κ1) is 16.3. The molecule has 6 heteroatoms. The van der Waals surface area contributed by atoms with E-state index in [2.05, 4.69) is 0 Å². The van der Waals surface area contributed by atoms with Gasteiger partial charge < -0.3 is 14.4 Å². The number of nitrogens with zero attached hydrogens (tertiary/aromatic N) is 1. The van der Waals surface area contributed by atoms with Crippen LogP contribution in [0.25, 0.3) is 0 Å². The van der Waals surface area contributed by atoms with Crippen LogP contribution in [0.4, 0.5) is 0 Å². The number of hydrogen-bond acceptors (Lipinski definition) is 5. The lowest BCUT2D eigenvalue weighted by molar-refractivity contribution is -0.164. The van der Waals surface area contributed by atoms with Crippen LogP contribution in [0.2, 0.25) is 0 Å². The van der Waals surface area contributed by atoms with Gasteiger partial charge in [0.2, 0.25) is 5.91 Å². The maximum atomic E-state index is 12.4. The van der Waals surface area contributed by atoms with Gasteiger partial charge in [-0.15, -0.1) is 0 Å². The van der Waals surface area contributed by atoms with Crippen LogP contribution in [-0.2, 0) is 23.9 Å². The van der Waals surface area contributed by atoms with Crippen molar-refractivity contribution < 1.29 is 23.9 Å². The minimum absolute atomic E-state index is 0.0162. The van der Waals surface area contributed by atoms with Crippen molar-refractivity contribution in [2.75, 3.05) is 13.7 Å². The lowest BCUT2D eigenvalue weighted by atomic mass is 9.92. The van der Waals surface area contributed by atoms with Crippen molar-refractivity contribution in [3.05, 3.63) is 23.8 Å². The normalized spacial score (nSPS) is 28.0. The Morgan fingerprint density at radius 3 is 2.68 bits per heavy atom. The van der Waals surface area contributed by atoms with Gasteiger partial charge in [0.05, 0.1) is 24.1 Å². The fourth-order valence-electron chi connectivity index (χ4n) is 2.73. The molecule has 0 radical (unpaired) electrons. The Kier molecular flexibility index (Phi) is 4.68. The lowest BCUT2D eigenvalue weighted by Crippen LogP contribution is -2.44. The summed E-state index contributed by atoms with van der Waals surface area (Å²) in [4.78, 5) is 37.7. The number of likely N-dealkylation sites (N-methyl/N-ethyl adjacent to an activating group) is 1. The highest BCUT2D eigenvalue weighted by molar-refractivity contribution is 5.95. The molecule has 2 aliphatic heterocycles. The van der Waals surface area contributed by atoms with E-state index < -0.39 is 24.1 Å². The van der Waals surface area contributed by atoms with Crippen molar-refractivity contribution in [2.45, 2.75) is 32.9 Å². The van der Waals surface area contributed by atoms with Crippen molar-refractivity contribution in [3.63, 3.8) is 0 Å². The minimum Gasteiger partial charge on any atom is -0.463 e. The first-order chi connectivity index (χ1) is 10.4. The van der Waals surface area contributed by atoms with Crippen LogP contribution < -0.4 is 0 Å². The standard InChI is InChI=1S/C16H21NO5/c1-5-21-15(19)10(3)22-16(20)12-8-9(2)11-6-7-13(12)17(4)14(11)18/h6-11,13H,5H2,1-4H3/t9-,10-,11-,13+/m0/s1. The van der Waals surface area contributed by atoms with Gasteiger partial charge in [0, 0.05) is 7.05 Å². The van der Waals surface area contributed by atoms with Gasteiger partial charge in [-0.1, -0.05) is 25.2 Å². The van der Waals surface area contributed by atoms with E-state index in [0.717, 1.165) is 0 Å². The van der Waals surface area contributed by atoms with Crippen molar-refractivity contribution in [3.8, 4) is 0 Å². The highest BCUT2D eigenvalue weighted by Gasteiger charge is 2.40. The zero-order chi connectivity index (χ0) is 16.4. The Bertz CT molecular complexity index is 551. The average Bonchev–Trinajstić information content (AvgIpc) is 2.68. The van der Waals surface area contributed by atoms with Crippen LogP contribution in [0.5, 0.6) is 0 Å². The molecule has 0 saturated carbocycles. The number of fused-ring (bicyclic) bond motifs is 2. The summed E-state index contributed by atoms with van der Waals surface area (Å²) in [7, 11) is 1.66. The summed E-state index contributed by atoms with van der Waals surface area (Å²) in [5.74, 6) is -1.54. The van der Waals surface area contributed by atoms with E-state index in [0.29, 0.717) is 5.57 Å². The predicted octanol–water partition coefficient (Wildman–Crippen LogP) is 1.07. The average molecular weight is 307 g/mol. The molecule has 4 atom stereocenters. The van der Waals surface area contributed by atoms with E-state index in [1.165, 1.54) is 11.8 Å². The SMILES string of the molecule is CCOC(=O)[C@H](C)OC(=O)C1=C[C@H](C)[C@@H]2C=C[C@H]1N(C)C2=O. The second-order valence-electron chi connectivity index (χ2n) is 5.59. The molecule has 3 aliphatic rings. The number of carbonyl (C=O) groups excluding carboxylic acids is 3. The molecule has 0 saturated heterocycles. The number of ether oxygens (including phenoxy) is 2. The third-order valence-electron chi connectivity index (χ3n) is 4.02. The Morgan fingerprint density at radius 1 is 1.36 bits per heavy atom. The topological polar surface area (TPSA) is 72.9 Å². The monoisotopic (exact) mass is 307 g/mol. The second kappa shape index (κ2) is 6.34. The van der Waals surface area contributed by atoms with Crippen LogP contribution >= 0.6 is 0 Å². The molecule has 6 nitrogen and oxygen atoms in total. The van der Waals surface area contributed by atoms with Crippen molar-refractivity contribution >= 4 is 17.8 Å². The van der Waals surface area contributed by atoms with Gasteiger partial charge in [-0.3, -0.25) is 4.79 Å². The van der Waals surface area contributed by atoms with Gasteiger partial charge in [-0.05, 0) is 19.8 Å². The summed E-state index contributed by atoms with van der Waals surface area (Å²) >= 11 is 0. The third kappa shape index (κ3) is 2.91. The lowest BCUT2D eigenvalue weighted by Gasteiger charge is -2.31. The molecule has 0 unspecified atom stereocenters. The highest BCUT2D eigenvalue weighted by atomic mass is 16.6. The molecule has 2 bridgehead atoms. The molecule has 0 fully saturated rings. The summed E-state index contributed by atoms with van der Waals surface area (Å²) in [5, 5.41) is 0. The molecule has 0 N–H and O–H groups in total. The van der Waals surface area contributed by atoms with Crippen LogP contribution in [0.15, 0.2) is 23.8 Å². The van der Waals surface area contributed by atoms with Crippen LogP contribution in [0, 0.1) is 11.8 Å². The van der Waals surface area contributed by atoms with Crippen molar-refractivity contribution in [1.82, 2.24) is 4.90 Å². The molecule has 0 spiro atoms. The Balaban J connectivity index is 2.17. The maximum absolute atomic E-state index is 12.4. The molecule has 2 heterocycles. The van der Waals surface area contributed by atoms with Crippen molar-refractivity contribution in [1.29, 1.82) is 0 Å². The number of rotatable bonds is 4. The first-order valence-electron chi connectivity index (χ1n) is 7.41. The smallest absolute Gasteiger partial charge is 0.347 e. The molecule has 0 aromatic heterocycles. The van der Waals surface area contributed by atoms with Gasteiger partial charge in [-0.25, -0.2) is 9.59 Å². The summed E-state index contributed by atoms with van der Waals surface area (Å²) in [5.41, 5.74) is 0.385. The zero-order valence-electron chi connectivity index (χ0n) is 13.2. The third-order valence-corrected chi connectivity index (χ3v) is 4.02. The van der Waals surface area contributed by atoms with E-state index in [1.807, 2.05) is 19.1 Å². The Labute approximate surface area is 129 Å². The fourth-order valence-corrected chi connectivity index (χ4v) is 2.73. The van der Waals surface area contributed by atoms with E-state index in [9.17, 15) is 14.4 Å². The highest BCUT2D eigenvalue weighted by Crippen LogP contribution is 2.32. The number of allylic oxidation sites excluding steroid dienone is 1. The minimum atomic E-state index is -0.978. The molecule has 22 heavy (non-hydrogen) atoms. The molecule has 1 aliphatic carbocycles.